The molecule has 2 aromatic carbocycles. The number of ether oxygens (including phenoxy) is 1. The SMILES string of the molecule is C=CCN(Cc1ccccc1)C(=O)Cc1ccc(OCC)cc1. The van der Waals surface area contributed by atoms with Crippen LogP contribution in [0.4, 0.5) is 0 Å². The van der Waals surface area contributed by atoms with Crippen LogP contribution in [0.1, 0.15) is 18.1 Å². The Morgan fingerprint density at radius 3 is 2.39 bits per heavy atom. The van der Waals surface area contributed by atoms with Gasteiger partial charge in [0, 0.05) is 13.1 Å². The summed E-state index contributed by atoms with van der Waals surface area (Å²) in [6.07, 6.45) is 2.14. The number of benzene rings is 2. The first-order chi connectivity index (χ1) is 11.2. The van der Waals surface area contributed by atoms with E-state index in [1.807, 2.05) is 66.4 Å². The standard InChI is InChI=1S/C20H23NO2/c1-3-14-21(16-18-8-6-5-7-9-18)20(22)15-17-10-12-19(13-11-17)23-4-2/h3,5-13H,1,4,14-16H2,2H3. The minimum atomic E-state index is 0.0953. The Labute approximate surface area is 138 Å². The van der Waals surface area contributed by atoms with Crippen molar-refractivity contribution in [2.45, 2.75) is 19.9 Å². The smallest absolute Gasteiger partial charge is 0.227 e. The van der Waals surface area contributed by atoms with Crippen molar-refractivity contribution in [3.63, 3.8) is 0 Å². The topological polar surface area (TPSA) is 29.5 Å². The minimum absolute atomic E-state index is 0.0953. The van der Waals surface area contributed by atoms with E-state index in [4.69, 9.17) is 4.74 Å². The van der Waals surface area contributed by atoms with E-state index in [1.54, 1.807) is 6.08 Å². The summed E-state index contributed by atoms with van der Waals surface area (Å²) < 4.78 is 5.42. The fraction of sp³-hybridized carbons (Fsp3) is 0.250. The lowest BCUT2D eigenvalue weighted by atomic mass is 10.1. The maximum absolute atomic E-state index is 12.6. The Hall–Kier alpha value is -2.55. The zero-order chi connectivity index (χ0) is 16.5. The summed E-state index contributed by atoms with van der Waals surface area (Å²) in [7, 11) is 0. The Kier molecular flexibility index (Phi) is 6.42. The predicted molar refractivity (Wildman–Crippen MR) is 93.4 cm³/mol. The van der Waals surface area contributed by atoms with Crippen molar-refractivity contribution in [2.75, 3.05) is 13.2 Å². The lowest BCUT2D eigenvalue weighted by Gasteiger charge is -2.21. The van der Waals surface area contributed by atoms with Gasteiger partial charge in [0.05, 0.1) is 13.0 Å². The van der Waals surface area contributed by atoms with Crippen molar-refractivity contribution in [1.29, 1.82) is 0 Å². The Balaban J connectivity index is 2.01. The van der Waals surface area contributed by atoms with Crippen LogP contribution in [0.2, 0.25) is 0 Å². The number of nitrogens with zero attached hydrogens (tertiary/aromatic N) is 1. The summed E-state index contributed by atoms with van der Waals surface area (Å²) in [5.41, 5.74) is 2.11. The third kappa shape index (κ3) is 5.29. The molecular formula is C20H23NO2. The number of carbonyl (C=O) groups excluding carboxylic acids is 1. The van der Waals surface area contributed by atoms with Crippen molar-refractivity contribution in [3.05, 3.63) is 78.4 Å². The number of hydrogen-bond donors (Lipinski definition) is 0. The van der Waals surface area contributed by atoms with E-state index < -0.39 is 0 Å². The minimum Gasteiger partial charge on any atom is -0.494 e. The number of hydrogen-bond acceptors (Lipinski definition) is 2. The summed E-state index contributed by atoms with van der Waals surface area (Å²) in [6, 6.07) is 17.7. The fourth-order valence-electron chi connectivity index (χ4n) is 2.37. The Bertz CT molecular complexity index is 620. The zero-order valence-corrected chi connectivity index (χ0v) is 13.6. The van der Waals surface area contributed by atoms with Crippen LogP contribution in [-0.2, 0) is 17.8 Å². The molecule has 2 rings (SSSR count). The highest BCUT2D eigenvalue weighted by molar-refractivity contribution is 5.79. The third-order valence-corrected chi connectivity index (χ3v) is 3.51. The highest BCUT2D eigenvalue weighted by atomic mass is 16.5. The van der Waals surface area contributed by atoms with E-state index >= 15 is 0 Å². The van der Waals surface area contributed by atoms with Gasteiger partial charge in [-0.3, -0.25) is 4.79 Å². The number of carbonyl (C=O) groups is 1. The molecule has 2 aromatic rings. The number of rotatable bonds is 8. The normalized spacial score (nSPS) is 10.1. The first-order valence-corrected chi connectivity index (χ1v) is 7.87. The molecule has 0 aliphatic rings. The van der Waals surface area contributed by atoms with Crippen molar-refractivity contribution in [3.8, 4) is 5.75 Å². The highest BCUT2D eigenvalue weighted by Crippen LogP contribution is 2.14. The van der Waals surface area contributed by atoms with Crippen LogP contribution in [0.5, 0.6) is 5.75 Å². The van der Waals surface area contributed by atoms with Crippen molar-refractivity contribution < 1.29 is 9.53 Å². The van der Waals surface area contributed by atoms with Gasteiger partial charge in [0.1, 0.15) is 5.75 Å². The number of amides is 1. The highest BCUT2D eigenvalue weighted by Gasteiger charge is 2.13. The molecule has 120 valence electrons. The molecule has 23 heavy (non-hydrogen) atoms. The lowest BCUT2D eigenvalue weighted by molar-refractivity contribution is -0.130. The molecule has 0 aliphatic heterocycles. The van der Waals surface area contributed by atoms with E-state index in [9.17, 15) is 4.79 Å². The van der Waals surface area contributed by atoms with Crippen LogP contribution < -0.4 is 4.74 Å². The second-order valence-corrected chi connectivity index (χ2v) is 5.30. The molecule has 0 unspecified atom stereocenters. The van der Waals surface area contributed by atoms with Gasteiger partial charge in [-0.2, -0.15) is 0 Å². The molecular weight excluding hydrogens is 286 g/mol. The Morgan fingerprint density at radius 2 is 1.78 bits per heavy atom. The van der Waals surface area contributed by atoms with E-state index in [1.165, 1.54) is 0 Å². The maximum Gasteiger partial charge on any atom is 0.227 e. The van der Waals surface area contributed by atoms with Crippen molar-refractivity contribution in [1.82, 2.24) is 4.90 Å². The molecule has 0 N–H and O–H groups in total. The second-order valence-electron chi connectivity index (χ2n) is 5.30. The van der Waals surface area contributed by atoms with Gasteiger partial charge in [0.15, 0.2) is 0 Å². The molecule has 0 bridgehead atoms. The van der Waals surface area contributed by atoms with Crippen LogP contribution in [0.15, 0.2) is 67.3 Å². The first-order valence-electron chi connectivity index (χ1n) is 7.87. The van der Waals surface area contributed by atoms with Crippen LogP contribution in [0.3, 0.4) is 0 Å². The van der Waals surface area contributed by atoms with Crippen LogP contribution in [0.25, 0.3) is 0 Å². The average Bonchev–Trinajstić information content (AvgIpc) is 2.57. The van der Waals surface area contributed by atoms with Gasteiger partial charge >= 0.3 is 0 Å². The second kappa shape index (κ2) is 8.79. The van der Waals surface area contributed by atoms with Gasteiger partial charge in [-0.05, 0) is 30.2 Å². The zero-order valence-electron chi connectivity index (χ0n) is 13.6. The lowest BCUT2D eigenvalue weighted by Crippen LogP contribution is -2.32. The quantitative estimate of drug-likeness (QED) is 0.693. The van der Waals surface area contributed by atoms with E-state index in [0.717, 1.165) is 16.9 Å². The van der Waals surface area contributed by atoms with Gasteiger partial charge in [-0.25, -0.2) is 0 Å². The third-order valence-electron chi connectivity index (χ3n) is 3.51. The Morgan fingerprint density at radius 1 is 1.09 bits per heavy atom. The van der Waals surface area contributed by atoms with Gasteiger partial charge in [-0.1, -0.05) is 48.5 Å². The summed E-state index contributed by atoms with van der Waals surface area (Å²) in [5, 5.41) is 0. The van der Waals surface area contributed by atoms with E-state index in [0.29, 0.717) is 26.1 Å². The van der Waals surface area contributed by atoms with Gasteiger partial charge in [0.25, 0.3) is 0 Å². The molecule has 0 aliphatic carbocycles. The largest absolute Gasteiger partial charge is 0.494 e. The van der Waals surface area contributed by atoms with Crippen molar-refractivity contribution >= 4 is 5.91 Å². The molecule has 0 saturated heterocycles. The molecule has 0 spiro atoms. The van der Waals surface area contributed by atoms with Gasteiger partial charge < -0.3 is 9.64 Å². The predicted octanol–water partition coefficient (Wildman–Crippen LogP) is 3.84. The molecule has 0 radical (unpaired) electrons. The van der Waals surface area contributed by atoms with Gasteiger partial charge in [0.2, 0.25) is 5.91 Å². The van der Waals surface area contributed by atoms with Crippen molar-refractivity contribution in [2.24, 2.45) is 0 Å². The van der Waals surface area contributed by atoms with E-state index in [-0.39, 0.29) is 5.91 Å². The molecule has 0 saturated carbocycles. The molecule has 3 nitrogen and oxygen atoms in total. The van der Waals surface area contributed by atoms with Crippen LogP contribution in [0, 0.1) is 0 Å². The molecule has 0 fully saturated rings. The molecule has 0 heterocycles. The van der Waals surface area contributed by atoms with E-state index in [2.05, 4.69) is 6.58 Å². The first kappa shape index (κ1) is 16.8. The monoisotopic (exact) mass is 309 g/mol. The van der Waals surface area contributed by atoms with Crippen LogP contribution in [-0.4, -0.2) is 24.0 Å². The summed E-state index contributed by atoms with van der Waals surface area (Å²) in [4.78, 5) is 14.4. The van der Waals surface area contributed by atoms with Crippen LogP contribution >= 0.6 is 0 Å². The molecule has 0 atom stereocenters. The summed E-state index contributed by atoms with van der Waals surface area (Å²) in [5.74, 6) is 0.925. The molecule has 1 amide bonds. The molecule has 0 aromatic heterocycles. The maximum atomic E-state index is 12.6. The summed E-state index contributed by atoms with van der Waals surface area (Å²) in [6.45, 7) is 7.49. The molecule has 3 heteroatoms. The fourth-order valence-corrected chi connectivity index (χ4v) is 2.37. The average molecular weight is 309 g/mol. The summed E-state index contributed by atoms with van der Waals surface area (Å²) >= 11 is 0. The van der Waals surface area contributed by atoms with Gasteiger partial charge in [-0.15, -0.1) is 6.58 Å².